The topological polar surface area (TPSA) is 91.4 Å². The molecule has 2 aromatic carbocycles. The van der Waals surface area contributed by atoms with Gasteiger partial charge in [-0.25, -0.2) is 22.5 Å². The summed E-state index contributed by atoms with van der Waals surface area (Å²) < 4.78 is 42.3. The van der Waals surface area contributed by atoms with Crippen molar-refractivity contribution in [2.45, 2.75) is 68.8 Å². The van der Waals surface area contributed by atoms with Gasteiger partial charge in [0.25, 0.3) is 0 Å². The molecule has 9 heteroatoms. The molecule has 5 rings (SSSR count). The van der Waals surface area contributed by atoms with Crippen LogP contribution in [0.3, 0.4) is 0 Å². The summed E-state index contributed by atoms with van der Waals surface area (Å²) >= 11 is 0. The second-order valence-corrected chi connectivity index (χ2v) is 12.2. The lowest BCUT2D eigenvalue weighted by Gasteiger charge is -2.29. The van der Waals surface area contributed by atoms with Crippen molar-refractivity contribution in [3.8, 4) is 0 Å². The van der Waals surface area contributed by atoms with Gasteiger partial charge in [0, 0.05) is 30.4 Å². The zero-order valence-electron chi connectivity index (χ0n) is 21.7. The molecule has 2 fully saturated rings. The fraction of sp³-hybridized carbons (Fsp3) is 0.448. The predicted octanol–water partition coefficient (Wildman–Crippen LogP) is 5.08. The third-order valence-electron chi connectivity index (χ3n) is 7.78. The SMILES string of the molecule is C[C@@H](NC(=O)[C@H]1CC[C@H](NS(=O)(=O)c2ccc3nc(N4CCCCC4)ccc3c2)CC1)c1ccc(F)cc1. The van der Waals surface area contributed by atoms with E-state index >= 15 is 0 Å². The van der Waals surface area contributed by atoms with E-state index < -0.39 is 10.0 Å². The van der Waals surface area contributed by atoms with Crippen molar-refractivity contribution in [3.05, 3.63) is 66.0 Å². The molecule has 1 atom stereocenters. The maximum Gasteiger partial charge on any atom is 0.240 e. The lowest BCUT2D eigenvalue weighted by atomic mass is 9.85. The second-order valence-electron chi connectivity index (χ2n) is 10.5. The number of hydrogen-bond acceptors (Lipinski definition) is 5. The molecule has 3 aromatic rings. The number of pyridine rings is 1. The van der Waals surface area contributed by atoms with Gasteiger partial charge in [0.1, 0.15) is 11.6 Å². The van der Waals surface area contributed by atoms with E-state index in [0.29, 0.717) is 25.7 Å². The molecular formula is C29H35FN4O3S. The first-order valence-corrected chi connectivity index (χ1v) is 15.0. The molecular weight excluding hydrogens is 503 g/mol. The van der Waals surface area contributed by atoms with Crippen molar-refractivity contribution >= 4 is 32.7 Å². The Labute approximate surface area is 223 Å². The number of carbonyl (C=O) groups excluding carboxylic acids is 1. The number of carbonyl (C=O) groups is 1. The second kappa shape index (κ2) is 11.4. The largest absolute Gasteiger partial charge is 0.357 e. The fourth-order valence-electron chi connectivity index (χ4n) is 5.49. The lowest BCUT2D eigenvalue weighted by Crippen LogP contribution is -2.41. The highest BCUT2D eigenvalue weighted by Gasteiger charge is 2.30. The van der Waals surface area contributed by atoms with Crippen LogP contribution >= 0.6 is 0 Å². The first-order chi connectivity index (χ1) is 18.3. The molecule has 1 aliphatic heterocycles. The highest BCUT2D eigenvalue weighted by molar-refractivity contribution is 7.89. The number of amides is 1. The number of hydrogen-bond donors (Lipinski definition) is 2. The minimum atomic E-state index is -3.70. The van der Waals surface area contributed by atoms with E-state index in [1.807, 2.05) is 19.1 Å². The molecule has 0 bridgehead atoms. The van der Waals surface area contributed by atoms with Gasteiger partial charge < -0.3 is 10.2 Å². The number of nitrogens with one attached hydrogen (secondary N) is 2. The summed E-state index contributed by atoms with van der Waals surface area (Å²) in [6.07, 6.45) is 6.00. The van der Waals surface area contributed by atoms with Crippen LogP contribution in [0.5, 0.6) is 0 Å². The number of benzene rings is 2. The van der Waals surface area contributed by atoms with Gasteiger partial charge in [0.15, 0.2) is 0 Å². The van der Waals surface area contributed by atoms with Crippen molar-refractivity contribution in [2.24, 2.45) is 5.92 Å². The number of piperidine rings is 1. The molecule has 1 saturated carbocycles. The fourth-order valence-corrected chi connectivity index (χ4v) is 6.83. The Balaban J connectivity index is 1.17. The Morgan fingerprint density at radius 1 is 0.974 bits per heavy atom. The third-order valence-corrected chi connectivity index (χ3v) is 9.30. The van der Waals surface area contributed by atoms with Gasteiger partial charge in [0.05, 0.1) is 16.5 Å². The normalized spacial score (nSPS) is 21.3. The van der Waals surface area contributed by atoms with Crippen LogP contribution in [0, 0.1) is 11.7 Å². The molecule has 7 nitrogen and oxygen atoms in total. The van der Waals surface area contributed by atoms with Crippen molar-refractivity contribution in [1.29, 1.82) is 0 Å². The van der Waals surface area contributed by atoms with Gasteiger partial charge >= 0.3 is 0 Å². The summed E-state index contributed by atoms with van der Waals surface area (Å²) in [7, 11) is -3.70. The van der Waals surface area contributed by atoms with Crippen LogP contribution in [-0.4, -0.2) is 38.4 Å². The number of fused-ring (bicyclic) bond motifs is 1. The average molecular weight is 539 g/mol. The van der Waals surface area contributed by atoms with Crippen LogP contribution in [0.15, 0.2) is 59.5 Å². The quantitative estimate of drug-likeness (QED) is 0.438. The molecule has 1 aromatic heterocycles. The van der Waals surface area contributed by atoms with Crippen LogP contribution < -0.4 is 14.9 Å². The maximum atomic E-state index is 13.2. The monoisotopic (exact) mass is 538 g/mol. The van der Waals surface area contributed by atoms with Crippen LogP contribution in [0.25, 0.3) is 10.9 Å². The van der Waals surface area contributed by atoms with Gasteiger partial charge in [-0.3, -0.25) is 4.79 Å². The number of anilines is 1. The van der Waals surface area contributed by atoms with E-state index in [4.69, 9.17) is 4.98 Å². The summed E-state index contributed by atoms with van der Waals surface area (Å²) in [5, 5.41) is 3.80. The third kappa shape index (κ3) is 6.15. The standard InChI is InChI=1S/C29H35FN4O3S/c1-20(21-5-10-24(30)11-6-21)31-29(35)22-7-12-25(13-8-22)33-38(36,37)26-14-15-27-23(19-26)9-16-28(32-27)34-17-3-2-4-18-34/h5-6,9-11,14-16,19-20,22,25,33H,2-4,7-8,12-13,17-18H2,1H3,(H,31,35)/t20-,22-,25-/m1/s1. The Hall–Kier alpha value is -3.04. The van der Waals surface area contributed by atoms with Crippen molar-refractivity contribution in [2.75, 3.05) is 18.0 Å². The molecule has 1 saturated heterocycles. The molecule has 1 aliphatic carbocycles. The number of rotatable bonds is 7. The van der Waals surface area contributed by atoms with Crippen LogP contribution in [0.4, 0.5) is 10.2 Å². The molecule has 38 heavy (non-hydrogen) atoms. The van der Waals surface area contributed by atoms with Crippen LogP contribution in [-0.2, 0) is 14.8 Å². The molecule has 0 radical (unpaired) electrons. The molecule has 202 valence electrons. The zero-order valence-corrected chi connectivity index (χ0v) is 22.5. The molecule has 1 amide bonds. The van der Waals surface area contributed by atoms with Gasteiger partial charge in [0.2, 0.25) is 15.9 Å². The van der Waals surface area contributed by atoms with E-state index in [-0.39, 0.29) is 34.6 Å². The Morgan fingerprint density at radius 2 is 1.68 bits per heavy atom. The average Bonchev–Trinajstić information content (AvgIpc) is 2.93. The predicted molar refractivity (Wildman–Crippen MR) is 147 cm³/mol. The number of aromatic nitrogens is 1. The van der Waals surface area contributed by atoms with E-state index in [1.54, 1.807) is 30.3 Å². The summed E-state index contributed by atoms with van der Waals surface area (Å²) in [5.41, 5.74) is 1.63. The van der Waals surface area contributed by atoms with E-state index in [1.165, 1.54) is 31.4 Å². The minimum Gasteiger partial charge on any atom is -0.357 e. The number of nitrogens with zero attached hydrogens (tertiary/aromatic N) is 2. The molecule has 2 aliphatic rings. The molecule has 2 N–H and O–H groups in total. The summed E-state index contributed by atoms with van der Waals surface area (Å²) in [6, 6.07) is 14.7. The lowest BCUT2D eigenvalue weighted by molar-refractivity contribution is -0.126. The smallest absolute Gasteiger partial charge is 0.240 e. The Kier molecular flexibility index (Phi) is 7.95. The van der Waals surface area contributed by atoms with Crippen molar-refractivity contribution < 1.29 is 17.6 Å². The summed E-state index contributed by atoms with van der Waals surface area (Å²) in [4.78, 5) is 20.1. The van der Waals surface area contributed by atoms with Gasteiger partial charge in [-0.1, -0.05) is 12.1 Å². The van der Waals surface area contributed by atoms with E-state index in [0.717, 1.165) is 35.4 Å². The van der Waals surface area contributed by atoms with Gasteiger partial charge in [-0.2, -0.15) is 0 Å². The minimum absolute atomic E-state index is 0.0471. The van der Waals surface area contributed by atoms with Crippen molar-refractivity contribution in [1.82, 2.24) is 15.0 Å². The molecule has 2 heterocycles. The Morgan fingerprint density at radius 3 is 2.39 bits per heavy atom. The first-order valence-electron chi connectivity index (χ1n) is 13.5. The van der Waals surface area contributed by atoms with Gasteiger partial charge in [-0.15, -0.1) is 0 Å². The zero-order chi connectivity index (χ0) is 26.7. The van der Waals surface area contributed by atoms with Gasteiger partial charge in [-0.05, 0) is 99.9 Å². The van der Waals surface area contributed by atoms with Crippen LogP contribution in [0.1, 0.15) is 63.5 Å². The number of sulfonamides is 1. The van der Waals surface area contributed by atoms with Crippen molar-refractivity contribution in [3.63, 3.8) is 0 Å². The molecule has 0 unspecified atom stereocenters. The highest BCUT2D eigenvalue weighted by atomic mass is 32.2. The summed E-state index contributed by atoms with van der Waals surface area (Å²) in [6.45, 7) is 3.89. The summed E-state index contributed by atoms with van der Waals surface area (Å²) in [5.74, 6) is 0.419. The maximum absolute atomic E-state index is 13.2. The highest BCUT2D eigenvalue weighted by Crippen LogP contribution is 2.28. The number of halogens is 1. The molecule has 0 spiro atoms. The van der Waals surface area contributed by atoms with E-state index in [9.17, 15) is 17.6 Å². The van der Waals surface area contributed by atoms with E-state index in [2.05, 4.69) is 14.9 Å². The first kappa shape index (κ1) is 26.6. The van der Waals surface area contributed by atoms with Crippen LogP contribution in [0.2, 0.25) is 0 Å². The Bertz CT molecular complexity index is 1380.